The minimum atomic E-state index is -0.414. The number of hydrogen-bond donors (Lipinski definition) is 1. The highest BCUT2D eigenvalue weighted by Crippen LogP contribution is 2.29. The van der Waals surface area contributed by atoms with Gasteiger partial charge in [-0.25, -0.2) is 4.39 Å². The van der Waals surface area contributed by atoms with Gasteiger partial charge in [-0.1, -0.05) is 34.1 Å². The number of fused-ring (bicyclic) bond motifs is 1. The largest absolute Gasteiger partial charge is 0.320 e. The minimum Gasteiger partial charge on any atom is -0.320 e. The monoisotopic (exact) mass is 319 g/mol. The molecule has 1 aliphatic rings. The van der Waals surface area contributed by atoms with Crippen LogP contribution in [0.2, 0.25) is 0 Å². The Labute approximate surface area is 120 Å². The quantitative estimate of drug-likeness (QED) is 0.885. The van der Waals surface area contributed by atoms with Gasteiger partial charge in [0.2, 0.25) is 0 Å². The zero-order valence-corrected chi connectivity index (χ0v) is 12.1. The predicted octanol–water partition coefficient (Wildman–Crippen LogP) is 4.13. The second-order valence-corrected chi connectivity index (χ2v) is 5.94. The van der Waals surface area contributed by atoms with Gasteiger partial charge in [0.05, 0.1) is 6.04 Å². The van der Waals surface area contributed by atoms with Gasteiger partial charge in [0.15, 0.2) is 0 Å². The van der Waals surface area contributed by atoms with Crippen molar-refractivity contribution in [3.05, 3.63) is 68.9 Å². The Morgan fingerprint density at radius 2 is 1.84 bits per heavy atom. The summed E-state index contributed by atoms with van der Waals surface area (Å²) in [6, 6.07) is 10.8. The number of halogens is 2. The Balaban J connectivity index is 1.99. The van der Waals surface area contributed by atoms with Crippen molar-refractivity contribution >= 4 is 15.9 Å². The number of benzene rings is 2. The van der Waals surface area contributed by atoms with E-state index in [-0.39, 0.29) is 5.82 Å². The fraction of sp³-hybridized carbons (Fsp3) is 0.250. The molecule has 3 heteroatoms. The van der Waals surface area contributed by atoms with Crippen LogP contribution in [0.15, 0.2) is 40.9 Å². The first kappa shape index (κ1) is 12.8. The summed E-state index contributed by atoms with van der Waals surface area (Å²) in [7, 11) is 0. The van der Waals surface area contributed by atoms with Crippen LogP contribution in [0, 0.1) is 5.82 Å². The molecule has 1 aliphatic carbocycles. The van der Waals surface area contributed by atoms with E-state index in [0.29, 0.717) is 5.56 Å². The van der Waals surface area contributed by atoms with E-state index < -0.39 is 6.04 Å². The van der Waals surface area contributed by atoms with Gasteiger partial charge in [0.1, 0.15) is 5.82 Å². The lowest BCUT2D eigenvalue weighted by Crippen LogP contribution is -2.14. The molecular formula is C16H15BrFN. The molecule has 0 heterocycles. The van der Waals surface area contributed by atoms with E-state index in [0.717, 1.165) is 22.9 Å². The zero-order valence-electron chi connectivity index (χ0n) is 10.5. The Morgan fingerprint density at radius 3 is 2.68 bits per heavy atom. The van der Waals surface area contributed by atoms with Crippen molar-refractivity contribution in [2.45, 2.75) is 25.3 Å². The average Bonchev–Trinajstić information content (AvgIpc) is 2.88. The summed E-state index contributed by atoms with van der Waals surface area (Å²) in [6.07, 6.45) is 3.46. The Morgan fingerprint density at radius 1 is 1.05 bits per heavy atom. The smallest absolute Gasteiger partial charge is 0.128 e. The highest BCUT2D eigenvalue weighted by Gasteiger charge is 2.17. The van der Waals surface area contributed by atoms with Crippen molar-refractivity contribution in [1.29, 1.82) is 0 Å². The zero-order chi connectivity index (χ0) is 13.4. The SMILES string of the molecule is NC(c1ccc2c(c1)CCC2)c1cc(Br)ccc1F. The van der Waals surface area contributed by atoms with Crippen LogP contribution in [0.1, 0.15) is 34.7 Å². The maximum Gasteiger partial charge on any atom is 0.128 e. The minimum absolute atomic E-state index is 0.254. The van der Waals surface area contributed by atoms with E-state index in [2.05, 4.69) is 28.1 Å². The molecule has 2 aromatic rings. The summed E-state index contributed by atoms with van der Waals surface area (Å²) in [5.74, 6) is -0.254. The molecule has 0 saturated carbocycles. The van der Waals surface area contributed by atoms with Crippen LogP contribution in [0.5, 0.6) is 0 Å². The van der Waals surface area contributed by atoms with Crippen molar-refractivity contribution in [3.8, 4) is 0 Å². The van der Waals surface area contributed by atoms with Crippen molar-refractivity contribution in [1.82, 2.24) is 0 Å². The molecule has 0 bridgehead atoms. The normalized spacial score (nSPS) is 15.3. The molecule has 0 fully saturated rings. The van der Waals surface area contributed by atoms with Gasteiger partial charge in [0.25, 0.3) is 0 Å². The summed E-state index contributed by atoms with van der Waals surface area (Å²) >= 11 is 3.36. The molecule has 98 valence electrons. The van der Waals surface area contributed by atoms with E-state index >= 15 is 0 Å². The standard InChI is InChI=1S/C16H15BrFN/c17-13-6-7-15(18)14(9-13)16(19)12-5-4-10-2-1-3-11(10)8-12/h4-9,16H,1-3,19H2. The van der Waals surface area contributed by atoms with E-state index in [1.54, 1.807) is 12.1 Å². The summed E-state index contributed by atoms with van der Waals surface area (Å²) < 4.78 is 14.7. The van der Waals surface area contributed by atoms with Gasteiger partial charge < -0.3 is 5.73 Å². The van der Waals surface area contributed by atoms with Crippen molar-refractivity contribution < 1.29 is 4.39 Å². The topological polar surface area (TPSA) is 26.0 Å². The van der Waals surface area contributed by atoms with Crippen LogP contribution in [-0.4, -0.2) is 0 Å². The highest BCUT2D eigenvalue weighted by molar-refractivity contribution is 9.10. The van der Waals surface area contributed by atoms with Gasteiger partial charge in [-0.3, -0.25) is 0 Å². The summed E-state index contributed by atoms with van der Waals surface area (Å²) in [4.78, 5) is 0. The lowest BCUT2D eigenvalue weighted by atomic mass is 9.96. The molecule has 0 aromatic heterocycles. The van der Waals surface area contributed by atoms with Crippen LogP contribution < -0.4 is 5.73 Å². The fourth-order valence-electron chi connectivity index (χ4n) is 2.72. The molecule has 3 rings (SSSR count). The molecule has 1 unspecified atom stereocenters. The molecule has 1 atom stereocenters. The van der Waals surface area contributed by atoms with Gasteiger partial charge in [0, 0.05) is 10.0 Å². The predicted molar refractivity (Wildman–Crippen MR) is 78.6 cm³/mol. The lowest BCUT2D eigenvalue weighted by molar-refractivity contribution is 0.599. The Bertz CT molecular complexity index is 624. The summed E-state index contributed by atoms with van der Waals surface area (Å²) in [6.45, 7) is 0. The molecule has 0 spiro atoms. The maximum atomic E-state index is 13.9. The molecule has 2 N–H and O–H groups in total. The molecule has 0 radical (unpaired) electrons. The van der Waals surface area contributed by atoms with Gasteiger partial charge in [-0.05, 0) is 54.2 Å². The fourth-order valence-corrected chi connectivity index (χ4v) is 3.10. The van der Waals surface area contributed by atoms with Gasteiger partial charge in [-0.2, -0.15) is 0 Å². The third-order valence-corrected chi connectivity index (χ3v) is 4.27. The van der Waals surface area contributed by atoms with Crippen molar-refractivity contribution in [2.75, 3.05) is 0 Å². The molecule has 0 aliphatic heterocycles. The molecule has 0 amide bonds. The van der Waals surface area contributed by atoms with Crippen molar-refractivity contribution in [2.24, 2.45) is 5.73 Å². The first-order valence-electron chi connectivity index (χ1n) is 6.47. The van der Waals surface area contributed by atoms with Crippen LogP contribution in [-0.2, 0) is 12.8 Å². The van der Waals surface area contributed by atoms with Gasteiger partial charge >= 0.3 is 0 Å². The molecule has 1 nitrogen and oxygen atoms in total. The first-order valence-corrected chi connectivity index (χ1v) is 7.26. The van der Waals surface area contributed by atoms with Crippen LogP contribution >= 0.6 is 15.9 Å². The summed E-state index contributed by atoms with van der Waals surface area (Å²) in [5.41, 5.74) is 10.5. The molecule has 0 saturated heterocycles. The number of aryl methyl sites for hydroxylation is 2. The molecular weight excluding hydrogens is 305 g/mol. The molecule has 19 heavy (non-hydrogen) atoms. The third kappa shape index (κ3) is 2.45. The average molecular weight is 320 g/mol. The van der Waals surface area contributed by atoms with Crippen LogP contribution in [0.25, 0.3) is 0 Å². The molecule has 2 aromatic carbocycles. The maximum absolute atomic E-state index is 13.9. The summed E-state index contributed by atoms with van der Waals surface area (Å²) in [5, 5.41) is 0. The first-order chi connectivity index (χ1) is 9.15. The number of hydrogen-bond acceptors (Lipinski definition) is 1. The van der Waals surface area contributed by atoms with Crippen LogP contribution in [0.4, 0.5) is 4.39 Å². The third-order valence-electron chi connectivity index (χ3n) is 3.77. The van der Waals surface area contributed by atoms with E-state index in [1.807, 2.05) is 6.07 Å². The van der Waals surface area contributed by atoms with E-state index in [4.69, 9.17) is 5.73 Å². The lowest BCUT2D eigenvalue weighted by Gasteiger charge is -2.15. The second-order valence-electron chi connectivity index (χ2n) is 5.03. The van der Waals surface area contributed by atoms with Gasteiger partial charge in [-0.15, -0.1) is 0 Å². The van der Waals surface area contributed by atoms with Crippen molar-refractivity contribution in [3.63, 3.8) is 0 Å². The highest BCUT2D eigenvalue weighted by atomic mass is 79.9. The number of rotatable bonds is 2. The Hall–Kier alpha value is -1.19. The van der Waals surface area contributed by atoms with E-state index in [9.17, 15) is 4.39 Å². The second kappa shape index (κ2) is 5.06. The Kier molecular flexibility index (Phi) is 3.42. The van der Waals surface area contributed by atoms with E-state index in [1.165, 1.54) is 23.6 Å². The van der Waals surface area contributed by atoms with Crippen LogP contribution in [0.3, 0.4) is 0 Å². The number of nitrogens with two attached hydrogens (primary N) is 1.